The first-order valence-electron chi connectivity index (χ1n) is 7.53. The number of rotatable bonds is 6. The lowest BCUT2D eigenvalue weighted by Gasteiger charge is -2.15. The zero-order chi connectivity index (χ0) is 18.4. The van der Waals surface area contributed by atoms with Gasteiger partial charge in [-0.25, -0.2) is 13.6 Å². The van der Waals surface area contributed by atoms with Crippen molar-refractivity contribution in [3.8, 4) is 11.5 Å². The molecule has 0 spiro atoms. The maximum atomic E-state index is 13.3. The highest BCUT2D eigenvalue weighted by molar-refractivity contribution is 9.10. The molecule has 2 aromatic carbocycles. The van der Waals surface area contributed by atoms with Gasteiger partial charge in [-0.1, -0.05) is 35.0 Å². The molecule has 0 aromatic heterocycles. The Hall–Kier alpha value is -2.15. The quantitative estimate of drug-likeness (QED) is 0.450. The molecule has 0 heterocycles. The van der Waals surface area contributed by atoms with Crippen LogP contribution in [0.1, 0.15) is 30.0 Å². The lowest BCUT2D eigenvalue weighted by molar-refractivity contribution is 0.120. The molecule has 0 N–H and O–H groups in total. The number of hydrogen-bond acceptors (Lipinski definition) is 4. The second-order valence-electron chi connectivity index (χ2n) is 5.09. The molecule has 0 bridgehead atoms. The summed E-state index contributed by atoms with van der Waals surface area (Å²) in [5.74, 6) is 0.317. The van der Waals surface area contributed by atoms with Crippen LogP contribution >= 0.6 is 15.9 Å². The van der Waals surface area contributed by atoms with E-state index in [1.165, 1.54) is 19.2 Å². The van der Waals surface area contributed by atoms with Gasteiger partial charge in [0.05, 0.1) is 12.7 Å². The molecule has 0 atom stereocenters. The number of aryl methyl sites for hydroxylation is 1. The van der Waals surface area contributed by atoms with E-state index in [1.807, 2.05) is 6.92 Å². The van der Waals surface area contributed by atoms with E-state index in [0.29, 0.717) is 16.5 Å². The van der Waals surface area contributed by atoms with Gasteiger partial charge in [0.15, 0.2) is 0 Å². The van der Waals surface area contributed by atoms with Gasteiger partial charge >= 0.3 is 6.16 Å². The first-order chi connectivity index (χ1) is 12.0. The second kappa shape index (κ2) is 8.80. The Kier molecular flexibility index (Phi) is 6.75. The van der Waals surface area contributed by atoms with Crippen molar-refractivity contribution in [2.45, 2.75) is 26.4 Å². The zero-order valence-electron chi connectivity index (χ0n) is 13.7. The molecule has 2 rings (SSSR count). The number of alkyl halides is 2. The fourth-order valence-corrected chi connectivity index (χ4v) is 2.64. The van der Waals surface area contributed by atoms with Gasteiger partial charge in [-0.05, 0) is 36.2 Å². The molecule has 134 valence electrons. The maximum absolute atomic E-state index is 13.3. The van der Waals surface area contributed by atoms with Gasteiger partial charge in [0.2, 0.25) is 0 Å². The standard InChI is InChI=1S/C18H17BrF2O4/c1-3-11-7-8-15(12(9-11)17(20)21)24-10-13-14(19)5-4-6-16(13)25-18(22)23-2/h4-9,17H,3,10H2,1-2H3. The lowest BCUT2D eigenvalue weighted by Crippen LogP contribution is -2.10. The summed E-state index contributed by atoms with van der Waals surface area (Å²) in [5.41, 5.74) is 1.15. The van der Waals surface area contributed by atoms with Crippen molar-refractivity contribution in [1.82, 2.24) is 0 Å². The van der Waals surface area contributed by atoms with E-state index in [9.17, 15) is 13.6 Å². The first kappa shape index (κ1) is 19.2. The molecular weight excluding hydrogens is 398 g/mol. The van der Waals surface area contributed by atoms with E-state index in [-0.39, 0.29) is 23.7 Å². The Labute approximate surface area is 152 Å². The highest BCUT2D eigenvalue weighted by Gasteiger charge is 2.17. The molecule has 2 aromatic rings. The van der Waals surface area contributed by atoms with Crippen molar-refractivity contribution in [3.05, 3.63) is 57.6 Å². The van der Waals surface area contributed by atoms with Gasteiger partial charge in [-0.2, -0.15) is 0 Å². The van der Waals surface area contributed by atoms with E-state index in [1.54, 1.807) is 24.3 Å². The molecule has 0 saturated heterocycles. The summed E-state index contributed by atoms with van der Waals surface area (Å²) in [6.45, 7) is 1.83. The number of carbonyl (C=O) groups excluding carboxylic acids is 1. The molecule has 0 aliphatic rings. The molecule has 0 fully saturated rings. The van der Waals surface area contributed by atoms with Crippen LogP contribution in [0.5, 0.6) is 11.5 Å². The molecule has 0 amide bonds. The van der Waals surface area contributed by atoms with Crippen molar-refractivity contribution in [1.29, 1.82) is 0 Å². The predicted molar refractivity (Wildman–Crippen MR) is 92.3 cm³/mol. The third-order valence-corrected chi connectivity index (χ3v) is 4.27. The highest BCUT2D eigenvalue weighted by atomic mass is 79.9. The van der Waals surface area contributed by atoms with Crippen LogP contribution in [0.4, 0.5) is 13.6 Å². The average molecular weight is 415 g/mol. The molecule has 4 nitrogen and oxygen atoms in total. The number of carbonyl (C=O) groups is 1. The van der Waals surface area contributed by atoms with Crippen LogP contribution in [-0.4, -0.2) is 13.3 Å². The summed E-state index contributed by atoms with van der Waals surface area (Å²) in [6, 6.07) is 9.68. The summed E-state index contributed by atoms with van der Waals surface area (Å²) in [4.78, 5) is 11.3. The van der Waals surface area contributed by atoms with Gasteiger partial charge in [0, 0.05) is 10.0 Å². The topological polar surface area (TPSA) is 44.8 Å². The average Bonchev–Trinajstić information content (AvgIpc) is 2.60. The fourth-order valence-electron chi connectivity index (χ4n) is 2.18. The van der Waals surface area contributed by atoms with E-state index >= 15 is 0 Å². The van der Waals surface area contributed by atoms with Crippen LogP contribution < -0.4 is 9.47 Å². The van der Waals surface area contributed by atoms with Gasteiger partial charge in [-0.15, -0.1) is 0 Å². The van der Waals surface area contributed by atoms with Crippen molar-refractivity contribution < 1.29 is 27.8 Å². The maximum Gasteiger partial charge on any atom is 0.513 e. The lowest BCUT2D eigenvalue weighted by atomic mass is 10.1. The summed E-state index contributed by atoms with van der Waals surface area (Å²) in [7, 11) is 1.20. The Morgan fingerprint density at radius 2 is 1.96 bits per heavy atom. The number of halogens is 3. The fraction of sp³-hybridized carbons (Fsp3) is 0.278. The molecule has 0 unspecified atom stereocenters. The van der Waals surface area contributed by atoms with E-state index in [0.717, 1.165) is 5.56 Å². The SMILES string of the molecule is CCc1ccc(OCc2c(Br)cccc2OC(=O)OC)c(C(F)F)c1. The molecule has 25 heavy (non-hydrogen) atoms. The minimum absolute atomic E-state index is 0.0566. The second-order valence-corrected chi connectivity index (χ2v) is 5.94. The molecule has 0 radical (unpaired) electrons. The van der Waals surface area contributed by atoms with Gasteiger partial charge in [0.25, 0.3) is 6.43 Å². The van der Waals surface area contributed by atoms with E-state index in [2.05, 4.69) is 20.7 Å². The number of hydrogen-bond donors (Lipinski definition) is 0. The Morgan fingerprint density at radius 3 is 2.60 bits per heavy atom. The highest BCUT2D eigenvalue weighted by Crippen LogP contribution is 2.33. The number of ether oxygens (including phenoxy) is 3. The van der Waals surface area contributed by atoms with Crippen molar-refractivity contribution in [2.24, 2.45) is 0 Å². The summed E-state index contributed by atoms with van der Waals surface area (Å²) in [5, 5.41) is 0. The van der Waals surface area contributed by atoms with Gasteiger partial charge in [-0.3, -0.25) is 0 Å². The van der Waals surface area contributed by atoms with Crippen LogP contribution in [0.25, 0.3) is 0 Å². The third kappa shape index (κ3) is 4.92. The van der Waals surface area contributed by atoms with Crippen LogP contribution in [-0.2, 0) is 17.8 Å². The molecule has 0 aliphatic carbocycles. The molecule has 0 aliphatic heterocycles. The van der Waals surface area contributed by atoms with Crippen molar-refractivity contribution in [2.75, 3.05) is 7.11 Å². The molecule has 0 saturated carbocycles. The van der Waals surface area contributed by atoms with Crippen LogP contribution in [0.15, 0.2) is 40.9 Å². The van der Waals surface area contributed by atoms with Gasteiger partial charge in [0.1, 0.15) is 18.1 Å². The van der Waals surface area contributed by atoms with Crippen LogP contribution in [0.2, 0.25) is 0 Å². The predicted octanol–water partition coefficient (Wildman–Crippen LogP) is 5.67. The summed E-state index contributed by atoms with van der Waals surface area (Å²) < 4.78 is 42.3. The Bertz CT molecular complexity index is 750. The Balaban J connectivity index is 2.26. The molecular formula is C18H17BrF2O4. The van der Waals surface area contributed by atoms with Crippen LogP contribution in [0, 0.1) is 0 Å². The monoisotopic (exact) mass is 414 g/mol. The molecule has 7 heteroatoms. The van der Waals surface area contributed by atoms with Crippen molar-refractivity contribution >= 4 is 22.1 Å². The van der Waals surface area contributed by atoms with Gasteiger partial charge < -0.3 is 14.2 Å². The minimum Gasteiger partial charge on any atom is -0.488 e. The summed E-state index contributed by atoms with van der Waals surface area (Å²) >= 11 is 3.34. The summed E-state index contributed by atoms with van der Waals surface area (Å²) in [6.07, 6.45) is -2.87. The smallest absolute Gasteiger partial charge is 0.488 e. The van der Waals surface area contributed by atoms with Crippen LogP contribution in [0.3, 0.4) is 0 Å². The number of methoxy groups -OCH3 is 1. The first-order valence-corrected chi connectivity index (χ1v) is 8.32. The van der Waals surface area contributed by atoms with E-state index in [4.69, 9.17) is 9.47 Å². The minimum atomic E-state index is -2.65. The Morgan fingerprint density at radius 1 is 1.20 bits per heavy atom. The largest absolute Gasteiger partial charge is 0.513 e. The third-order valence-electron chi connectivity index (χ3n) is 3.53. The number of benzene rings is 2. The van der Waals surface area contributed by atoms with Crippen molar-refractivity contribution in [3.63, 3.8) is 0 Å². The normalized spacial score (nSPS) is 10.6. The zero-order valence-corrected chi connectivity index (χ0v) is 15.3. The van der Waals surface area contributed by atoms with E-state index < -0.39 is 12.6 Å².